The third-order valence-corrected chi connectivity index (χ3v) is 5.42. The molecule has 6 nitrogen and oxygen atoms in total. The van der Waals surface area contributed by atoms with E-state index in [0.29, 0.717) is 11.3 Å². The monoisotopic (exact) mass is 404 g/mol. The van der Waals surface area contributed by atoms with E-state index < -0.39 is 22.2 Å². The lowest BCUT2D eigenvalue weighted by Gasteiger charge is -2.21. The number of hydrogen-bond acceptors (Lipinski definition) is 4. The Hall–Kier alpha value is -2.38. The number of nitrogens with one attached hydrogen (secondary N) is 1. The highest BCUT2D eigenvalue weighted by Crippen LogP contribution is 2.28. The van der Waals surface area contributed by atoms with Gasteiger partial charge in [0.05, 0.1) is 10.9 Å². The summed E-state index contributed by atoms with van der Waals surface area (Å²) in [5.41, 5.74) is 2.74. The summed E-state index contributed by atoms with van der Waals surface area (Å²) in [4.78, 5) is 12.6. The van der Waals surface area contributed by atoms with Gasteiger partial charge in [-0.1, -0.05) is 38.1 Å². The largest absolute Gasteiger partial charge is 0.481 e. The van der Waals surface area contributed by atoms with Crippen LogP contribution in [0.3, 0.4) is 0 Å². The number of carbonyl (C=O) groups is 1. The van der Waals surface area contributed by atoms with Crippen LogP contribution in [0.15, 0.2) is 47.4 Å². The molecule has 2 atom stereocenters. The van der Waals surface area contributed by atoms with Crippen molar-refractivity contribution >= 4 is 15.9 Å². The summed E-state index contributed by atoms with van der Waals surface area (Å²) < 4.78 is 29.0. The number of ether oxygens (including phenoxy) is 1. The average molecular weight is 405 g/mol. The van der Waals surface area contributed by atoms with Crippen LogP contribution in [0.2, 0.25) is 0 Å². The highest BCUT2D eigenvalue weighted by Gasteiger charge is 2.20. The summed E-state index contributed by atoms with van der Waals surface area (Å²) in [7, 11) is -3.80. The number of hydrogen-bond donors (Lipinski definition) is 2. The van der Waals surface area contributed by atoms with Crippen molar-refractivity contribution in [1.29, 1.82) is 0 Å². The second kappa shape index (κ2) is 8.75. The minimum atomic E-state index is -3.80. The van der Waals surface area contributed by atoms with Crippen LogP contribution in [-0.4, -0.2) is 20.4 Å². The molecule has 0 aromatic heterocycles. The first-order valence-electron chi connectivity index (χ1n) is 9.19. The smallest absolute Gasteiger partial charge is 0.261 e. The lowest BCUT2D eigenvalue weighted by atomic mass is 10.0. The van der Waals surface area contributed by atoms with Crippen LogP contribution in [0, 0.1) is 6.92 Å². The molecule has 28 heavy (non-hydrogen) atoms. The van der Waals surface area contributed by atoms with Gasteiger partial charge in [0, 0.05) is 0 Å². The molecule has 0 saturated heterocycles. The molecule has 3 N–H and O–H groups in total. The van der Waals surface area contributed by atoms with Crippen LogP contribution < -0.4 is 15.2 Å². The molecule has 2 aromatic rings. The van der Waals surface area contributed by atoms with Crippen LogP contribution in [0.25, 0.3) is 0 Å². The van der Waals surface area contributed by atoms with Gasteiger partial charge in [-0.2, -0.15) is 0 Å². The summed E-state index contributed by atoms with van der Waals surface area (Å²) in [6.45, 7) is 9.59. The van der Waals surface area contributed by atoms with E-state index in [0.717, 1.165) is 11.1 Å². The quantitative estimate of drug-likeness (QED) is 0.739. The minimum absolute atomic E-state index is 0.0109. The zero-order chi connectivity index (χ0) is 21.1. The number of amides is 1. The fourth-order valence-electron chi connectivity index (χ4n) is 2.84. The van der Waals surface area contributed by atoms with E-state index in [2.05, 4.69) is 19.2 Å². The Kier molecular flexibility index (Phi) is 6.85. The zero-order valence-corrected chi connectivity index (χ0v) is 17.7. The lowest BCUT2D eigenvalue weighted by molar-refractivity contribution is -0.127. The Morgan fingerprint density at radius 1 is 1.07 bits per heavy atom. The standard InChI is InChI=1S/C21H28N2O4S/c1-13(2)19-10-9-14(3)11-20(19)27-16(5)21(24)23-15(4)17-7-6-8-18(12-17)28(22,25)26/h6-13,15-16H,1-5H3,(H,23,24)(H2,22,25,26). The first-order chi connectivity index (χ1) is 13.0. The highest BCUT2D eigenvalue weighted by molar-refractivity contribution is 7.89. The number of rotatable bonds is 7. The Morgan fingerprint density at radius 3 is 2.36 bits per heavy atom. The third kappa shape index (κ3) is 5.56. The zero-order valence-electron chi connectivity index (χ0n) is 16.9. The Balaban J connectivity index is 2.12. The molecule has 7 heteroatoms. The molecule has 152 valence electrons. The normalized spacial score (nSPS) is 13.8. The highest BCUT2D eigenvalue weighted by atomic mass is 32.2. The van der Waals surface area contributed by atoms with E-state index in [1.165, 1.54) is 12.1 Å². The molecule has 2 aromatic carbocycles. The van der Waals surface area contributed by atoms with Crippen molar-refractivity contribution in [2.24, 2.45) is 5.14 Å². The number of aryl methyl sites for hydroxylation is 1. The van der Waals surface area contributed by atoms with Gasteiger partial charge in [0.1, 0.15) is 5.75 Å². The predicted molar refractivity (Wildman–Crippen MR) is 110 cm³/mol. The van der Waals surface area contributed by atoms with Gasteiger partial charge in [-0.25, -0.2) is 13.6 Å². The Labute approximate surface area is 167 Å². The van der Waals surface area contributed by atoms with Crippen LogP contribution in [0.1, 0.15) is 56.3 Å². The van der Waals surface area contributed by atoms with E-state index in [1.54, 1.807) is 26.0 Å². The number of sulfonamides is 1. The molecule has 0 saturated carbocycles. The van der Waals surface area contributed by atoms with Gasteiger partial charge in [-0.15, -0.1) is 0 Å². The van der Waals surface area contributed by atoms with Gasteiger partial charge < -0.3 is 10.1 Å². The van der Waals surface area contributed by atoms with Gasteiger partial charge in [0.2, 0.25) is 10.0 Å². The maximum Gasteiger partial charge on any atom is 0.261 e. The summed E-state index contributed by atoms with van der Waals surface area (Å²) in [6, 6.07) is 11.8. The minimum Gasteiger partial charge on any atom is -0.481 e. The number of nitrogens with two attached hydrogens (primary N) is 1. The van der Waals surface area contributed by atoms with Crippen LogP contribution in [-0.2, 0) is 14.8 Å². The van der Waals surface area contributed by atoms with Crippen molar-refractivity contribution in [3.63, 3.8) is 0 Å². The van der Waals surface area contributed by atoms with Gasteiger partial charge in [-0.3, -0.25) is 4.79 Å². The summed E-state index contributed by atoms with van der Waals surface area (Å²) in [5, 5.41) is 8.04. The number of carbonyl (C=O) groups excluding carboxylic acids is 1. The molecule has 1 amide bonds. The van der Waals surface area contributed by atoms with Crippen molar-refractivity contribution in [3.8, 4) is 5.75 Å². The molecule has 2 unspecified atom stereocenters. The fourth-order valence-corrected chi connectivity index (χ4v) is 3.41. The Bertz CT molecular complexity index is 955. The van der Waals surface area contributed by atoms with Crippen LogP contribution in [0.5, 0.6) is 5.75 Å². The van der Waals surface area contributed by atoms with E-state index >= 15 is 0 Å². The molecule has 0 bridgehead atoms. The first-order valence-corrected chi connectivity index (χ1v) is 10.7. The predicted octanol–water partition coefficient (Wildman–Crippen LogP) is 3.41. The van der Waals surface area contributed by atoms with Gasteiger partial charge in [0.15, 0.2) is 6.10 Å². The molecular formula is C21H28N2O4S. The summed E-state index contributed by atoms with van der Waals surface area (Å²) in [5.74, 6) is 0.678. The molecule has 0 fully saturated rings. The second-order valence-electron chi connectivity index (χ2n) is 7.30. The van der Waals surface area contributed by atoms with Crippen LogP contribution >= 0.6 is 0 Å². The topological polar surface area (TPSA) is 98.5 Å². The van der Waals surface area contributed by atoms with Gasteiger partial charge >= 0.3 is 0 Å². The van der Waals surface area contributed by atoms with Crippen molar-refractivity contribution in [1.82, 2.24) is 5.32 Å². The fraction of sp³-hybridized carbons (Fsp3) is 0.381. The molecule has 0 aliphatic heterocycles. The van der Waals surface area contributed by atoms with Crippen molar-refractivity contribution in [2.75, 3.05) is 0 Å². The van der Waals surface area contributed by atoms with Gasteiger partial charge in [0.25, 0.3) is 5.91 Å². The molecule has 0 aliphatic carbocycles. The number of benzene rings is 2. The van der Waals surface area contributed by atoms with Crippen molar-refractivity contribution in [3.05, 3.63) is 59.2 Å². The van der Waals surface area contributed by atoms with E-state index in [9.17, 15) is 13.2 Å². The number of primary sulfonamides is 1. The first kappa shape index (κ1) is 21.9. The summed E-state index contributed by atoms with van der Waals surface area (Å²) >= 11 is 0. The van der Waals surface area contributed by atoms with Crippen LogP contribution in [0.4, 0.5) is 0 Å². The molecule has 2 rings (SSSR count). The van der Waals surface area contributed by atoms with Crippen molar-refractivity contribution in [2.45, 2.75) is 57.6 Å². The van der Waals surface area contributed by atoms with E-state index in [4.69, 9.17) is 9.88 Å². The molecule has 0 radical (unpaired) electrons. The molecule has 0 aliphatic rings. The molecule has 0 heterocycles. The summed E-state index contributed by atoms with van der Waals surface area (Å²) in [6.07, 6.45) is -0.705. The molecule has 0 spiro atoms. The average Bonchev–Trinajstić information content (AvgIpc) is 2.60. The maximum atomic E-state index is 12.6. The van der Waals surface area contributed by atoms with Gasteiger partial charge in [-0.05, 0) is 61.6 Å². The third-order valence-electron chi connectivity index (χ3n) is 4.51. The van der Waals surface area contributed by atoms with Crippen molar-refractivity contribution < 1.29 is 17.9 Å². The van der Waals surface area contributed by atoms with E-state index in [-0.39, 0.29) is 16.7 Å². The Morgan fingerprint density at radius 2 is 1.75 bits per heavy atom. The maximum absolute atomic E-state index is 12.6. The SMILES string of the molecule is Cc1ccc(C(C)C)c(OC(C)C(=O)NC(C)c2cccc(S(N)(=O)=O)c2)c1. The van der Waals surface area contributed by atoms with E-state index in [1.807, 2.05) is 25.1 Å². The molecular weight excluding hydrogens is 376 g/mol. The lowest BCUT2D eigenvalue weighted by Crippen LogP contribution is -2.38. The second-order valence-corrected chi connectivity index (χ2v) is 8.87.